The molecule has 0 radical (unpaired) electrons. The van der Waals surface area contributed by atoms with Crippen molar-refractivity contribution in [2.24, 2.45) is 0 Å². The average Bonchev–Trinajstić information content (AvgIpc) is 2.87. The highest BCUT2D eigenvalue weighted by atomic mass is 32.2. The number of fused-ring (bicyclic) bond motifs is 1. The Morgan fingerprint density at radius 3 is 2.31 bits per heavy atom. The van der Waals surface area contributed by atoms with Gasteiger partial charge in [0, 0.05) is 12.1 Å². The molecule has 3 nitrogen and oxygen atoms in total. The molecule has 1 N–H and O–H groups in total. The maximum absolute atomic E-state index is 12.6. The summed E-state index contributed by atoms with van der Waals surface area (Å²) in [6.07, 6.45) is 0.632. The molecular weight excluding hydrogens is 342 g/mol. The highest BCUT2D eigenvalue weighted by Gasteiger charge is 2.37. The predicted molar refractivity (Wildman–Crippen MR) is 110 cm³/mol. The summed E-state index contributed by atoms with van der Waals surface area (Å²) in [7, 11) is 0. The van der Waals surface area contributed by atoms with Crippen molar-refractivity contribution in [1.29, 1.82) is 0 Å². The van der Waals surface area contributed by atoms with Crippen LogP contribution in [0.15, 0.2) is 36.4 Å². The van der Waals surface area contributed by atoms with Gasteiger partial charge in [-0.15, -0.1) is 0 Å². The molecule has 2 aromatic carbocycles. The minimum absolute atomic E-state index is 0.00222. The van der Waals surface area contributed by atoms with Gasteiger partial charge in [-0.2, -0.15) is 0 Å². The molecule has 0 aliphatic heterocycles. The second-order valence-corrected chi connectivity index (χ2v) is 10.2. The molecular formula is C22H29NO2S. The van der Waals surface area contributed by atoms with Crippen LogP contribution in [0.3, 0.4) is 0 Å². The normalized spacial score (nSPS) is 20.7. The second kappa shape index (κ2) is 7.16. The van der Waals surface area contributed by atoms with E-state index in [4.69, 9.17) is 4.18 Å². The van der Waals surface area contributed by atoms with Gasteiger partial charge in [0.1, 0.15) is 6.10 Å². The molecule has 3 rings (SSSR count). The first kappa shape index (κ1) is 19.1. The van der Waals surface area contributed by atoms with Crippen LogP contribution < -0.4 is 5.32 Å². The largest absolute Gasteiger partial charge is 0.375 e. The molecule has 0 saturated carbocycles. The lowest BCUT2D eigenvalue weighted by atomic mass is 10.0. The number of anilines is 1. The van der Waals surface area contributed by atoms with Gasteiger partial charge in [0.2, 0.25) is 0 Å². The van der Waals surface area contributed by atoms with Gasteiger partial charge in [-0.1, -0.05) is 42.0 Å². The van der Waals surface area contributed by atoms with Crippen molar-refractivity contribution in [3.8, 4) is 0 Å². The predicted octanol–water partition coefficient (Wildman–Crippen LogP) is 5.17. The van der Waals surface area contributed by atoms with E-state index < -0.39 is 15.8 Å². The summed E-state index contributed by atoms with van der Waals surface area (Å²) in [5.41, 5.74) is 7.36. The molecule has 140 valence electrons. The van der Waals surface area contributed by atoms with Gasteiger partial charge in [0.25, 0.3) is 0 Å². The Balaban J connectivity index is 1.94. The van der Waals surface area contributed by atoms with Crippen LogP contribution in [-0.2, 0) is 21.7 Å². The van der Waals surface area contributed by atoms with Crippen molar-refractivity contribution in [2.45, 2.75) is 64.9 Å². The molecule has 0 saturated heterocycles. The van der Waals surface area contributed by atoms with Gasteiger partial charge < -0.3 is 5.32 Å². The molecule has 0 bridgehead atoms. The lowest BCUT2D eigenvalue weighted by Gasteiger charge is -2.27. The van der Waals surface area contributed by atoms with E-state index in [0.717, 1.165) is 12.1 Å². The van der Waals surface area contributed by atoms with Crippen molar-refractivity contribution >= 4 is 16.8 Å². The summed E-state index contributed by atoms with van der Waals surface area (Å²) in [4.78, 5) is 0. The van der Waals surface area contributed by atoms with Gasteiger partial charge in [-0.05, 0) is 63.8 Å². The summed E-state index contributed by atoms with van der Waals surface area (Å²) in [5, 5.41) is 3.71. The van der Waals surface area contributed by atoms with Crippen molar-refractivity contribution in [1.82, 2.24) is 0 Å². The van der Waals surface area contributed by atoms with Crippen molar-refractivity contribution in [3.05, 3.63) is 64.2 Å². The molecule has 1 aliphatic carbocycles. The number of nitrogens with one attached hydrogen (secondary N) is 1. The highest BCUT2D eigenvalue weighted by molar-refractivity contribution is 7.81. The molecule has 0 fully saturated rings. The molecule has 0 amide bonds. The summed E-state index contributed by atoms with van der Waals surface area (Å²) < 4.78 is 18.3. The molecule has 4 heteroatoms. The third-order valence-corrected chi connectivity index (χ3v) is 6.29. The molecule has 0 spiro atoms. The fourth-order valence-electron chi connectivity index (χ4n) is 3.64. The van der Waals surface area contributed by atoms with Gasteiger partial charge in [-0.25, -0.2) is 4.21 Å². The molecule has 3 atom stereocenters. The zero-order valence-electron chi connectivity index (χ0n) is 16.6. The highest BCUT2D eigenvalue weighted by Crippen LogP contribution is 2.38. The summed E-state index contributed by atoms with van der Waals surface area (Å²) in [6, 6.07) is 12.8. The quantitative estimate of drug-likeness (QED) is 0.806. The number of hydrogen-bond acceptors (Lipinski definition) is 3. The Labute approximate surface area is 159 Å². The fraction of sp³-hybridized carbons (Fsp3) is 0.455. The fourth-order valence-corrected chi connectivity index (χ4v) is 4.33. The van der Waals surface area contributed by atoms with E-state index in [1.807, 2.05) is 20.8 Å². The second-order valence-electron chi connectivity index (χ2n) is 8.28. The molecule has 1 aliphatic rings. The minimum atomic E-state index is -1.35. The van der Waals surface area contributed by atoms with E-state index in [1.54, 1.807) is 0 Å². The van der Waals surface area contributed by atoms with Gasteiger partial charge in [-0.3, -0.25) is 4.18 Å². The topological polar surface area (TPSA) is 38.3 Å². The Bertz CT molecular complexity index is 815. The number of benzene rings is 2. The minimum Gasteiger partial charge on any atom is -0.375 e. The Morgan fingerprint density at radius 1 is 1.08 bits per heavy atom. The summed E-state index contributed by atoms with van der Waals surface area (Å²) in [5.74, 6) is 0. The first-order chi connectivity index (χ1) is 12.2. The van der Waals surface area contributed by atoms with Gasteiger partial charge >= 0.3 is 0 Å². The van der Waals surface area contributed by atoms with Crippen LogP contribution >= 0.6 is 0 Å². The maximum Gasteiger partial charge on any atom is 0.161 e. The molecule has 0 unspecified atom stereocenters. The van der Waals surface area contributed by atoms with Crippen LogP contribution in [0.1, 0.15) is 54.6 Å². The molecule has 2 aromatic rings. The number of rotatable bonds is 4. The lowest BCUT2D eigenvalue weighted by Crippen LogP contribution is -2.32. The van der Waals surface area contributed by atoms with Gasteiger partial charge in [0.05, 0.1) is 10.8 Å². The third-order valence-electron chi connectivity index (χ3n) is 4.87. The van der Waals surface area contributed by atoms with Crippen LogP contribution in [-0.4, -0.2) is 15.1 Å². The summed E-state index contributed by atoms with van der Waals surface area (Å²) in [6.45, 7) is 12.2. The summed E-state index contributed by atoms with van der Waals surface area (Å²) >= 11 is -1.35. The maximum atomic E-state index is 12.6. The molecule has 0 heterocycles. The first-order valence-corrected chi connectivity index (χ1v) is 10.3. The zero-order chi connectivity index (χ0) is 19.1. The monoisotopic (exact) mass is 371 g/mol. The molecule has 0 aromatic heterocycles. The van der Waals surface area contributed by atoms with Crippen LogP contribution in [0.5, 0.6) is 0 Å². The van der Waals surface area contributed by atoms with E-state index in [0.29, 0.717) is 0 Å². The average molecular weight is 372 g/mol. The lowest BCUT2D eigenvalue weighted by molar-refractivity contribution is 0.210. The Kier molecular flexibility index (Phi) is 5.27. The standard InChI is InChI=1S/C22H29NO2S/c1-14-11-15(2)20(16(3)12-14)23-21-18-10-8-7-9-17(18)13-19(21)25-26(24)22(4,5)6/h7-12,19,21,23H,13H2,1-6H3/t19-,21+,26+/m0/s1. The van der Waals surface area contributed by atoms with E-state index >= 15 is 0 Å². The zero-order valence-corrected chi connectivity index (χ0v) is 17.4. The van der Waals surface area contributed by atoms with Crippen molar-refractivity contribution < 1.29 is 8.39 Å². The van der Waals surface area contributed by atoms with Crippen LogP contribution in [0.4, 0.5) is 5.69 Å². The number of aryl methyl sites for hydroxylation is 3. The van der Waals surface area contributed by atoms with Gasteiger partial charge in [0.15, 0.2) is 11.1 Å². The molecule has 26 heavy (non-hydrogen) atoms. The van der Waals surface area contributed by atoms with E-state index in [-0.39, 0.29) is 12.1 Å². The Hall–Kier alpha value is -1.65. The van der Waals surface area contributed by atoms with Crippen LogP contribution in [0, 0.1) is 20.8 Å². The number of hydrogen-bond donors (Lipinski definition) is 1. The van der Waals surface area contributed by atoms with Crippen LogP contribution in [0.25, 0.3) is 0 Å². The SMILES string of the molecule is Cc1cc(C)c(N[C@@H]2c3ccccc3C[C@@H]2O[S@@](=O)C(C)(C)C)c(C)c1. The van der Waals surface area contributed by atoms with Crippen molar-refractivity contribution in [2.75, 3.05) is 5.32 Å². The third kappa shape index (κ3) is 3.86. The van der Waals surface area contributed by atoms with E-state index in [2.05, 4.69) is 62.5 Å². The van der Waals surface area contributed by atoms with E-state index in [9.17, 15) is 4.21 Å². The Morgan fingerprint density at radius 2 is 1.69 bits per heavy atom. The van der Waals surface area contributed by atoms with Crippen molar-refractivity contribution in [3.63, 3.8) is 0 Å². The van der Waals surface area contributed by atoms with E-state index in [1.165, 1.54) is 27.8 Å². The smallest absolute Gasteiger partial charge is 0.161 e. The van der Waals surface area contributed by atoms with Crippen LogP contribution in [0.2, 0.25) is 0 Å². The first-order valence-electron chi connectivity index (χ1n) is 9.18.